The van der Waals surface area contributed by atoms with Gasteiger partial charge in [-0.3, -0.25) is 4.90 Å². The predicted molar refractivity (Wildman–Crippen MR) is 79.7 cm³/mol. The van der Waals surface area contributed by atoms with Crippen LogP contribution in [0.1, 0.15) is 24.9 Å². The lowest BCUT2D eigenvalue weighted by atomic mass is 9.98. The van der Waals surface area contributed by atoms with Crippen LogP contribution in [0.15, 0.2) is 18.2 Å². The molecular formula is C15H22ClFN2O. The molecular weight excluding hydrogens is 279 g/mol. The van der Waals surface area contributed by atoms with Crippen LogP contribution >= 0.6 is 11.6 Å². The Labute approximate surface area is 125 Å². The summed E-state index contributed by atoms with van der Waals surface area (Å²) in [5, 5.41) is 3.85. The number of benzene rings is 1. The van der Waals surface area contributed by atoms with E-state index in [9.17, 15) is 4.39 Å². The number of nitrogens with zero attached hydrogens (tertiary/aromatic N) is 1. The first-order valence-corrected chi connectivity index (χ1v) is 7.48. The largest absolute Gasteiger partial charge is 0.374 e. The summed E-state index contributed by atoms with van der Waals surface area (Å²) < 4.78 is 19.1. The smallest absolute Gasteiger partial charge is 0.124 e. The van der Waals surface area contributed by atoms with Gasteiger partial charge in [-0.1, -0.05) is 24.6 Å². The van der Waals surface area contributed by atoms with Gasteiger partial charge in [-0.15, -0.1) is 0 Å². The van der Waals surface area contributed by atoms with Gasteiger partial charge in [-0.05, 0) is 37.7 Å². The average molecular weight is 301 g/mol. The lowest BCUT2D eigenvalue weighted by molar-refractivity contribution is -0.0612. The van der Waals surface area contributed by atoms with Crippen molar-refractivity contribution in [2.45, 2.75) is 25.5 Å². The Morgan fingerprint density at radius 2 is 2.30 bits per heavy atom. The third-order valence-corrected chi connectivity index (χ3v) is 3.98. The van der Waals surface area contributed by atoms with Crippen LogP contribution in [-0.2, 0) is 4.74 Å². The zero-order valence-electron chi connectivity index (χ0n) is 12.0. The van der Waals surface area contributed by atoms with E-state index in [2.05, 4.69) is 24.2 Å². The Bertz CT molecular complexity index is 444. The molecule has 20 heavy (non-hydrogen) atoms. The van der Waals surface area contributed by atoms with Crippen LogP contribution in [0.2, 0.25) is 5.02 Å². The number of hydrogen-bond donors (Lipinski definition) is 1. The molecule has 1 N–H and O–H groups in total. The van der Waals surface area contributed by atoms with Crippen molar-refractivity contribution in [2.75, 3.05) is 33.3 Å². The van der Waals surface area contributed by atoms with Gasteiger partial charge in [0.05, 0.1) is 18.8 Å². The summed E-state index contributed by atoms with van der Waals surface area (Å²) in [5.41, 5.74) is 0.929. The highest BCUT2D eigenvalue weighted by atomic mass is 35.5. The van der Waals surface area contributed by atoms with Crippen LogP contribution in [0, 0.1) is 5.82 Å². The van der Waals surface area contributed by atoms with Crippen molar-refractivity contribution in [2.24, 2.45) is 0 Å². The van der Waals surface area contributed by atoms with Gasteiger partial charge in [-0.25, -0.2) is 4.39 Å². The molecule has 112 valence electrons. The molecule has 0 aliphatic carbocycles. The minimum atomic E-state index is -0.307. The van der Waals surface area contributed by atoms with Gasteiger partial charge in [0, 0.05) is 18.1 Å². The highest BCUT2D eigenvalue weighted by molar-refractivity contribution is 6.31. The molecule has 1 aliphatic heterocycles. The van der Waals surface area contributed by atoms with Gasteiger partial charge in [0.1, 0.15) is 5.82 Å². The second kappa shape index (κ2) is 7.36. The Morgan fingerprint density at radius 3 is 3.00 bits per heavy atom. The van der Waals surface area contributed by atoms with Crippen LogP contribution in [-0.4, -0.2) is 44.3 Å². The number of halogens is 2. The summed E-state index contributed by atoms with van der Waals surface area (Å²) in [7, 11) is 2.06. The SMILES string of the molecule is CCCNCC1OCCN(C)C1c1ccc(F)cc1Cl. The topological polar surface area (TPSA) is 24.5 Å². The molecule has 0 bridgehead atoms. The van der Waals surface area contributed by atoms with Crippen molar-refractivity contribution in [1.29, 1.82) is 0 Å². The average Bonchev–Trinajstić information content (AvgIpc) is 2.41. The normalized spacial score (nSPS) is 24.0. The first kappa shape index (κ1) is 15.7. The van der Waals surface area contributed by atoms with Crippen LogP contribution in [0.5, 0.6) is 0 Å². The lowest BCUT2D eigenvalue weighted by Gasteiger charge is -2.40. The van der Waals surface area contributed by atoms with Crippen molar-refractivity contribution in [3.63, 3.8) is 0 Å². The fraction of sp³-hybridized carbons (Fsp3) is 0.600. The summed E-state index contributed by atoms with van der Waals surface area (Å²) in [6.45, 7) is 5.44. The molecule has 2 unspecified atom stereocenters. The summed E-state index contributed by atoms with van der Waals surface area (Å²) >= 11 is 6.21. The van der Waals surface area contributed by atoms with E-state index in [0.29, 0.717) is 11.6 Å². The molecule has 1 heterocycles. The highest BCUT2D eigenvalue weighted by Gasteiger charge is 2.32. The van der Waals surface area contributed by atoms with Gasteiger partial charge in [0.2, 0.25) is 0 Å². The van der Waals surface area contributed by atoms with Crippen molar-refractivity contribution < 1.29 is 9.13 Å². The first-order chi connectivity index (χ1) is 9.63. The molecule has 1 saturated heterocycles. The molecule has 1 fully saturated rings. The van der Waals surface area contributed by atoms with E-state index in [4.69, 9.17) is 16.3 Å². The standard InChI is InChI=1S/C15H22ClFN2O/c1-3-6-18-10-14-15(19(2)7-8-20-14)12-5-4-11(17)9-13(12)16/h4-5,9,14-15,18H,3,6-8,10H2,1-2H3. The third-order valence-electron chi connectivity index (χ3n) is 3.66. The number of morpholine rings is 1. The molecule has 3 nitrogen and oxygen atoms in total. The zero-order chi connectivity index (χ0) is 14.5. The number of ether oxygens (including phenoxy) is 1. The molecule has 2 rings (SSSR count). The molecule has 0 amide bonds. The maximum Gasteiger partial charge on any atom is 0.124 e. The summed E-state index contributed by atoms with van der Waals surface area (Å²) in [5.74, 6) is -0.307. The van der Waals surface area contributed by atoms with E-state index in [0.717, 1.165) is 31.6 Å². The Hall–Kier alpha value is -0.680. The van der Waals surface area contributed by atoms with Crippen molar-refractivity contribution in [1.82, 2.24) is 10.2 Å². The van der Waals surface area contributed by atoms with E-state index in [1.54, 1.807) is 6.07 Å². The maximum atomic E-state index is 13.2. The number of hydrogen-bond acceptors (Lipinski definition) is 3. The molecule has 2 atom stereocenters. The Balaban J connectivity index is 2.18. The quantitative estimate of drug-likeness (QED) is 0.846. The molecule has 0 spiro atoms. The second-order valence-electron chi connectivity index (χ2n) is 5.20. The van der Waals surface area contributed by atoms with Gasteiger partial charge >= 0.3 is 0 Å². The van der Waals surface area contributed by atoms with Crippen molar-refractivity contribution in [3.05, 3.63) is 34.6 Å². The molecule has 0 saturated carbocycles. The van der Waals surface area contributed by atoms with E-state index < -0.39 is 0 Å². The summed E-state index contributed by atoms with van der Waals surface area (Å²) in [6.07, 6.45) is 1.12. The van der Waals surface area contributed by atoms with Gasteiger partial charge in [0.25, 0.3) is 0 Å². The first-order valence-electron chi connectivity index (χ1n) is 7.11. The lowest BCUT2D eigenvalue weighted by Crippen LogP contribution is -2.47. The van der Waals surface area contributed by atoms with E-state index in [-0.39, 0.29) is 18.0 Å². The monoisotopic (exact) mass is 300 g/mol. The minimum Gasteiger partial charge on any atom is -0.374 e. The maximum absolute atomic E-state index is 13.2. The van der Waals surface area contributed by atoms with Gasteiger partial charge in [-0.2, -0.15) is 0 Å². The molecule has 1 aromatic rings. The number of nitrogens with one attached hydrogen (secondary N) is 1. The van der Waals surface area contributed by atoms with Crippen LogP contribution in [0.3, 0.4) is 0 Å². The molecule has 1 aromatic carbocycles. The summed E-state index contributed by atoms with van der Waals surface area (Å²) in [6, 6.07) is 4.65. The van der Waals surface area contributed by atoms with Crippen LogP contribution in [0.25, 0.3) is 0 Å². The van der Waals surface area contributed by atoms with Crippen LogP contribution in [0.4, 0.5) is 4.39 Å². The fourth-order valence-corrected chi connectivity index (χ4v) is 2.91. The van der Waals surface area contributed by atoms with Gasteiger partial charge < -0.3 is 10.1 Å². The van der Waals surface area contributed by atoms with Crippen molar-refractivity contribution in [3.8, 4) is 0 Å². The number of rotatable bonds is 5. The number of likely N-dealkylation sites (N-methyl/N-ethyl adjacent to an activating group) is 1. The third kappa shape index (κ3) is 3.70. The molecule has 0 aromatic heterocycles. The Morgan fingerprint density at radius 1 is 1.50 bits per heavy atom. The van der Waals surface area contributed by atoms with Crippen molar-refractivity contribution >= 4 is 11.6 Å². The predicted octanol–water partition coefficient (Wildman–Crippen LogP) is 2.85. The molecule has 1 aliphatic rings. The van der Waals surface area contributed by atoms with Crippen LogP contribution < -0.4 is 5.32 Å². The highest BCUT2D eigenvalue weighted by Crippen LogP contribution is 2.33. The van der Waals surface area contributed by atoms with E-state index >= 15 is 0 Å². The Kier molecular flexibility index (Phi) is 5.78. The minimum absolute atomic E-state index is 0.0308. The second-order valence-corrected chi connectivity index (χ2v) is 5.61. The zero-order valence-corrected chi connectivity index (χ0v) is 12.8. The van der Waals surface area contributed by atoms with E-state index in [1.807, 2.05) is 0 Å². The van der Waals surface area contributed by atoms with E-state index in [1.165, 1.54) is 12.1 Å². The van der Waals surface area contributed by atoms with Gasteiger partial charge in [0.15, 0.2) is 0 Å². The summed E-state index contributed by atoms with van der Waals surface area (Å²) in [4.78, 5) is 2.22. The molecule has 0 radical (unpaired) electrons. The molecule has 5 heteroatoms. The fourth-order valence-electron chi connectivity index (χ4n) is 2.63.